The van der Waals surface area contributed by atoms with Gasteiger partial charge < -0.3 is 19.9 Å². The highest BCUT2D eigenvalue weighted by Gasteiger charge is 2.06. The Morgan fingerprint density at radius 3 is 1.39 bits per heavy atom. The summed E-state index contributed by atoms with van der Waals surface area (Å²) in [6.07, 6.45) is 0. The van der Waals surface area contributed by atoms with Crippen LogP contribution in [0, 0.1) is 0 Å². The van der Waals surface area contributed by atoms with Crippen LogP contribution in [0.3, 0.4) is 0 Å². The molecular weight excluding hydrogens is 295 g/mol. The first-order chi connectivity index (χ1) is 11.1. The molecule has 0 spiro atoms. The van der Waals surface area contributed by atoms with Crippen LogP contribution in [0.15, 0.2) is 48.5 Å². The van der Waals surface area contributed by atoms with Crippen LogP contribution in [0.4, 0.5) is 0 Å². The van der Waals surface area contributed by atoms with Crippen molar-refractivity contribution in [1.29, 1.82) is 0 Å². The van der Waals surface area contributed by atoms with Gasteiger partial charge in [0, 0.05) is 25.2 Å². The first-order valence-electron chi connectivity index (χ1n) is 6.93. The van der Waals surface area contributed by atoms with Crippen LogP contribution in [0.2, 0.25) is 0 Å². The van der Waals surface area contributed by atoms with Crippen molar-refractivity contribution in [3.63, 3.8) is 0 Å². The van der Waals surface area contributed by atoms with Crippen molar-refractivity contribution in [2.75, 3.05) is 14.1 Å². The largest absolute Gasteiger partial charge is 0.658 e. The molecule has 2 amide bonds. The van der Waals surface area contributed by atoms with Crippen molar-refractivity contribution in [3.05, 3.63) is 59.7 Å². The smallest absolute Gasteiger partial charge is 0.526 e. The Kier molecular flexibility index (Phi) is 5.63. The van der Waals surface area contributed by atoms with E-state index in [-0.39, 0.29) is 11.8 Å². The first-order valence-corrected chi connectivity index (χ1v) is 6.93. The van der Waals surface area contributed by atoms with E-state index in [1.165, 1.54) is 7.69 Å². The van der Waals surface area contributed by atoms with Crippen LogP contribution in [-0.2, 0) is 0 Å². The molecule has 0 saturated heterocycles. The monoisotopic (exact) mass is 311 g/mol. The van der Waals surface area contributed by atoms with E-state index in [9.17, 15) is 9.59 Å². The molecule has 0 aliphatic rings. The van der Waals surface area contributed by atoms with E-state index in [4.69, 9.17) is 9.31 Å². The van der Waals surface area contributed by atoms with Crippen LogP contribution < -0.4 is 19.9 Å². The van der Waals surface area contributed by atoms with Gasteiger partial charge in [0.2, 0.25) is 0 Å². The highest BCUT2D eigenvalue weighted by Crippen LogP contribution is 2.14. The molecule has 1 radical (unpaired) electrons. The third-order valence-corrected chi connectivity index (χ3v) is 3.06. The van der Waals surface area contributed by atoms with Crippen molar-refractivity contribution in [1.82, 2.24) is 10.6 Å². The van der Waals surface area contributed by atoms with E-state index >= 15 is 0 Å². The minimum absolute atomic E-state index is 0.159. The molecule has 2 aromatic rings. The lowest BCUT2D eigenvalue weighted by Gasteiger charge is -2.07. The summed E-state index contributed by atoms with van der Waals surface area (Å²) in [5, 5.41) is 5.08. The Morgan fingerprint density at radius 1 is 0.739 bits per heavy atom. The SMILES string of the molecule is CNC(=O)c1ccc(O[B]Oc2ccc(C(=O)NC)cc2)cc1. The fourth-order valence-corrected chi connectivity index (χ4v) is 1.79. The van der Waals surface area contributed by atoms with Gasteiger partial charge in [0.15, 0.2) is 0 Å². The predicted octanol–water partition coefficient (Wildman–Crippen LogP) is 1.40. The third kappa shape index (κ3) is 4.51. The normalized spacial score (nSPS) is 9.65. The summed E-state index contributed by atoms with van der Waals surface area (Å²) >= 11 is 0. The highest BCUT2D eigenvalue weighted by molar-refractivity contribution is 6.20. The average Bonchev–Trinajstić information content (AvgIpc) is 2.61. The average molecular weight is 311 g/mol. The number of carbonyl (C=O) groups is 2. The van der Waals surface area contributed by atoms with Crippen LogP contribution >= 0.6 is 0 Å². The molecule has 0 aliphatic carbocycles. The van der Waals surface area contributed by atoms with E-state index in [0.717, 1.165) is 0 Å². The molecule has 6 nitrogen and oxygen atoms in total. The summed E-state index contributed by atoms with van der Waals surface area (Å²) in [6, 6.07) is 13.3. The van der Waals surface area contributed by atoms with Gasteiger partial charge in [-0.05, 0) is 48.5 Å². The Hall–Kier alpha value is -2.96. The molecular formula is C16H16BN2O4. The maximum Gasteiger partial charge on any atom is 0.658 e. The van der Waals surface area contributed by atoms with Crippen LogP contribution in [-0.4, -0.2) is 33.6 Å². The summed E-state index contributed by atoms with van der Waals surface area (Å²) in [4.78, 5) is 22.8. The van der Waals surface area contributed by atoms with Crippen LogP contribution in [0.1, 0.15) is 20.7 Å². The number of amides is 2. The summed E-state index contributed by atoms with van der Waals surface area (Å²) in [5.74, 6) is 0.764. The van der Waals surface area contributed by atoms with Crippen molar-refractivity contribution in [3.8, 4) is 11.5 Å². The van der Waals surface area contributed by atoms with E-state index < -0.39 is 0 Å². The molecule has 0 heterocycles. The highest BCUT2D eigenvalue weighted by atomic mass is 16.6. The number of benzene rings is 2. The fourth-order valence-electron chi connectivity index (χ4n) is 1.79. The van der Waals surface area contributed by atoms with Gasteiger partial charge in [-0.3, -0.25) is 9.59 Å². The fraction of sp³-hybridized carbons (Fsp3) is 0.125. The van der Waals surface area contributed by atoms with Gasteiger partial charge >= 0.3 is 7.69 Å². The summed E-state index contributed by atoms with van der Waals surface area (Å²) in [7, 11) is 4.33. The van der Waals surface area contributed by atoms with E-state index in [2.05, 4.69) is 10.6 Å². The minimum atomic E-state index is -0.159. The Bertz CT molecular complexity index is 612. The minimum Gasteiger partial charge on any atom is -0.526 e. The van der Waals surface area contributed by atoms with Gasteiger partial charge in [-0.15, -0.1) is 0 Å². The van der Waals surface area contributed by atoms with Crippen LogP contribution in [0.5, 0.6) is 11.5 Å². The van der Waals surface area contributed by atoms with Crippen molar-refractivity contribution in [2.24, 2.45) is 0 Å². The zero-order chi connectivity index (χ0) is 16.7. The number of rotatable bonds is 6. The lowest BCUT2D eigenvalue weighted by Crippen LogP contribution is -2.18. The number of hydrogen-bond acceptors (Lipinski definition) is 4. The maximum absolute atomic E-state index is 11.4. The standard InChI is InChI=1S/C16H16BN2O4/c1-18-15(20)11-3-7-13(8-4-11)22-17-23-14-9-5-12(6-10-14)16(21)19-2/h3-10H,1-2H3,(H,18,20)(H,19,21). The summed E-state index contributed by atoms with van der Waals surface area (Å²) in [5.41, 5.74) is 1.09. The van der Waals surface area contributed by atoms with Crippen molar-refractivity contribution >= 4 is 19.5 Å². The zero-order valence-corrected chi connectivity index (χ0v) is 12.8. The molecule has 117 valence electrons. The molecule has 7 heteroatoms. The number of hydrogen-bond donors (Lipinski definition) is 2. The van der Waals surface area contributed by atoms with E-state index in [1.54, 1.807) is 62.6 Å². The number of nitrogens with one attached hydrogen (secondary N) is 2. The second-order valence-corrected chi connectivity index (χ2v) is 4.54. The molecule has 2 aromatic carbocycles. The third-order valence-electron chi connectivity index (χ3n) is 3.06. The summed E-state index contributed by atoms with van der Waals surface area (Å²) in [6.45, 7) is 0. The topological polar surface area (TPSA) is 76.7 Å². The lowest BCUT2D eigenvalue weighted by atomic mass is 10.2. The predicted molar refractivity (Wildman–Crippen MR) is 86.7 cm³/mol. The molecule has 2 rings (SSSR count). The molecule has 0 atom stereocenters. The lowest BCUT2D eigenvalue weighted by molar-refractivity contribution is 0.0955. The molecule has 0 bridgehead atoms. The second kappa shape index (κ2) is 7.88. The van der Waals surface area contributed by atoms with Gasteiger partial charge in [0.05, 0.1) is 0 Å². The van der Waals surface area contributed by atoms with Gasteiger partial charge in [0.25, 0.3) is 11.8 Å². The molecule has 23 heavy (non-hydrogen) atoms. The summed E-state index contributed by atoms with van der Waals surface area (Å²) < 4.78 is 10.6. The zero-order valence-electron chi connectivity index (χ0n) is 12.8. The van der Waals surface area contributed by atoms with E-state index in [1.807, 2.05) is 0 Å². The molecule has 2 N–H and O–H groups in total. The molecule has 0 aromatic heterocycles. The van der Waals surface area contributed by atoms with Gasteiger partial charge in [-0.1, -0.05) is 0 Å². The molecule has 0 unspecified atom stereocenters. The Labute approximate surface area is 135 Å². The van der Waals surface area contributed by atoms with Crippen LogP contribution in [0.25, 0.3) is 0 Å². The van der Waals surface area contributed by atoms with Gasteiger partial charge in [0.1, 0.15) is 11.5 Å². The van der Waals surface area contributed by atoms with Crippen molar-refractivity contribution < 1.29 is 18.9 Å². The maximum atomic E-state index is 11.4. The Morgan fingerprint density at radius 2 is 1.09 bits per heavy atom. The molecule has 0 aliphatic heterocycles. The van der Waals surface area contributed by atoms with Crippen molar-refractivity contribution in [2.45, 2.75) is 0 Å². The van der Waals surface area contributed by atoms with Gasteiger partial charge in [-0.2, -0.15) is 0 Å². The second-order valence-electron chi connectivity index (χ2n) is 4.54. The molecule has 0 saturated carbocycles. The number of carbonyl (C=O) groups excluding carboxylic acids is 2. The molecule has 0 fully saturated rings. The Balaban J connectivity index is 1.85. The van der Waals surface area contributed by atoms with E-state index in [0.29, 0.717) is 22.6 Å². The van der Waals surface area contributed by atoms with Gasteiger partial charge in [-0.25, -0.2) is 0 Å². The quantitative estimate of drug-likeness (QED) is 0.791. The first kappa shape index (κ1) is 16.4.